The molecule has 5 nitrogen and oxygen atoms in total. The highest BCUT2D eigenvalue weighted by molar-refractivity contribution is 9.10. The lowest BCUT2D eigenvalue weighted by atomic mass is 10.2. The average Bonchev–Trinajstić information content (AvgIpc) is 2.99. The van der Waals surface area contributed by atoms with Gasteiger partial charge in [0, 0.05) is 27.3 Å². The fourth-order valence-corrected chi connectivity index (χ4v) is 3.64. The van der Waals surface area contributed by atoms with Gasteiger partial charge in [0.2, 0.25) is 5.91 Å². The second-order valence-corrected chi connectivity index (χ2v) is 6.79. The van der Waals surface area contributed by atoms with Crippen LogP contribution in [0.15, 0.2) is 26.5 Å². The Morgan fingerprint density at radius 3 is 2.86 bits per heavy atom. The first kappa shape index (κ1) is 16.2. The van der Waals surface area contributed by atoms with Crippen LogP contribution in [-0.2, 0) is 11.3 Å². The normalized spacial score (nSPS) is 12.6. The molecule has 21 heavy (non-hydrogen) atoms. The van der Waals surface area contributed by atoms with E-state index in [2.05, 4.69) is 32.5 Å². The molecule has 114 valence electrons. The molecule has 2 heterocycles. The molecular formula is C14H18BrN3O2S. The highest BCUT2D eigenvalue weighted by Crippen LogP contribution is 2.22. The molecule has 2 aromatic heterocycles. The van der Waals surface area contributed by atoms with E-state index in [0.29, 0.717) is 11.6 Å². The quantitative estimate of drug-likeness (QED) is 0.841. The van der Waals surface area contributed by atoms with E-state index in [4.69, 9.17) is 4.52 Å². The summed E-state index contributed by atoms with van der Waals surface area (Å²) in [6.45, 7) is 4.53. The number of amides is 1. The van der Waals surface area contributed by atoms with E-state index in [1.165, 1.54) is 4.88 Å². The summed E-state index contributed by atoms with van der Waals surface area (Å²) < 4.78 is 6.03. The predicted molar refractivity (Wildman–Crippen MR) is 87.4 cm³/mol. The van der Waals surface area contributed by atoms with Gasteiger partial charge in [-0.25, -0.2) is 0 Å². The maximum Gasteiger partial charge on any atom is 0.242 e. The Kier molecular flexibility index (Phi) is 5.55. The third-order valence-electron chi connectivity index (χ3n) is 3.13. The van der Waals surface area contributed by atoms with Crippen molar-refractivity contribution >= 4 is 39.0 Å². The number of aromatic nitrogens is 1. The molecule has 7 heteroatoms. The monoisotopic (exact) mass is 371 g/mol. The molecule has 0 saturated heterocycles. The van der Waals surface area contributed by atoms with Crippen molar-refractivity contribution in [3.05, 3.63) is 32.6 Å². The standard InChI is InChI=1S/C14H18BrN3O2S/c1-4-12(14(19)16-13-5-9(2)20-17-13)18(3)7-11-6-10(15)8-21-11/h5-6,8,12H,4,7H2,1-3H3,(H,16,17,19). The molecule has 1 N–H and O–H groups in total. The van der Waals surface area contributed by atoms with Gasteiger partial charge in [-0.05, 0) is 42.4 Å². The first-order chi connectivity index (χ1) is 9.99. The minimum Gasteiger partial charge on any atom is -0.360 e. The number of thiophene rings is 1. The van der Waals surface area contributed by atoms with Crippen molar-refractivity contribution in [2.45, 2.75) is 32.9 Å². The summed E-state index contributed by atoms with van der Waals surface area (Å²) in [6.07, 6.45) is 0.728. The zero-order valence-electron chi connectivity index (χ0n) is 12.2. The van der Waals surface area contributed by atoms with Crippen molar-refractivity contribution in [3.8, 4) is 0 Å². The Morgan fingerprint density at radius 1 is 1.57 bits per heavy atom. The Balaban J connectivity index is 1.98. The lowest BCUT2D eigenvalue weighted by molar-refractivity contribution is -0.121. The molecule has 1 atom stereocenters. The molecular weight excluding hydrogens is 354 g/mol. The topological polar surface area (TPSA) is 58.4 Å². The van der Waals surface area contributed by atoms with Gasteiger partial charge in [-0.1, -0.05) is 12.1 Å². The number of nitrogens with zero attached hydrogens (tertiary/aromatic N) is 2. The van der Waals surface area contributed by atoms with Gasteiger partial charge in [-0.3, -0.25) is 9.69 Å². The number of aryl methyl sites for hydroxylation is 1. The Morgan fingerprint density at radius 2 is 2.33 bits per heavy atom. The molecule has 2 aromatic rings. The summed E-state index contributed by atoms with van der Waals surface area (Å²) in [5.74, 6) is 1.07. The second kappa shape index (κ2) is 7.20. The maximum absolute atomic E-state index is 12.3. The number of halogens is 1. The molecule has 0 spiro atoms. The molecule has 0 radical (unpaired) electrons. The fraction of sp³-hybridized carbons (Fsp3) is 0.429. The van der Waals surface area contributed by atoms with E-state index in [1.54, 1.807) is 24.3 Å². The molecule has 1 amide bonds. The van der Waals surface area contributed by atoms with Crippen LogP contribution >= 0.6 is 27.3 Å². The number of hydrogen-bond donors (Lipinski definition) is 1. The van der Waals surface area contributed by atoms with Crippen LogP contribution in [0.3, 0.4) is 0 Å². The van der Waals surface area contributed by atoms with Crippen LogP contribution in [0.1, 0.15) is 24.0 Å². The van der Waals surface area contributed by atoms with Gasteiger partial charge in [-0.2, -0.15) is 0 Å². The van der Waals surface area contributed by atoms with E-state index >= 15 is 0 Å². The molecule has 0 fully saturated rings. The number of nitrogens with one attached hydrogen (secondary N) is 1. The number of carbonyl (C=O) groups excluding carboxylic acids is 1. The fourth-order valence-electron chi connectivity index (χ4n) is 2.12. The number of rotatable bonds is 6. The minimum absolute atomic E-state index is 0.0658. The minimum atomic E-state index is -0.206. The number of anilines is 1. The molecule has 0 aliphatic heterocycles. The Bertz CT molecular complexity index is 611. The lowest BCUT2D eigenvalue weighted by Crippen LogP contribution is -2.41. The van der Waals surface area contributed by atoms with E-state index in [9.17, 15) is 4.79 Å². The highest BCUT2D eigenvalue weighted by atomic mass is 79.9. The average molecular weight is 372 g/mol. The molecule has 0 aliphatic rings. The highest BCUT2D eigenvalue weighted by Gasteiger charge is 2.22. The largest absolute Gasteiger partial charge is 0.360 e. The Labute approximate surface area is 136 Å². The molecule has 0 aromatic carbocycles. The van der Waals surface area contributed by atoms with Crippen molar-refractivity contribution < 1.29 is 9.32 Å². The van der Waals surface area contributed by atoms with Gasteiger partial charge < -0.3 is 9.84 Å². The second-order valence-electron chi connectivity index (χ2n) is 4.88. The van der Waals surface area contributed by atoms with Crippen LogP contribution in [0.4, 0.5) is 5.82 Å². The van der Waals surface area contributed by atoms with Gasteiger partial charge in [0.15, 0.2) is 5.82 Å². The maximum atomic E-state index is 12.3. The van der Waals surface area contributed by atoms with Gasteiger partial charge >= 0.3 is 0 Å². The van der Waals surface area contributed by atoms with Crippen LogP contribution in [0.25, 0.3) is 0 Å². The molecule has 1 unspecified atom stereocenters. The molecule has 0 aliphatic carbocycles. The van der Waals surface area contributed by atoms with Crippen molar-refractivity contribution in [1.29, 1.82) is 0 Å². The number of likely N-dealkylation sites (N-methyl/N-ethyl adjacent to an activating group) is 1. The summed E-state index contributed by atoms with van der Waals surface area (Å²) in [6, 6.07) is 3.58. The molecule has 0 saturated carbocycles. The van der Waals surface area contributed by atoms with E-state index in [-0.39, 0.29) is 11.9 Å². The van der Waals surface area contributed by atoms with Crippen LogP contribution < -0.4 is 5.32 Å². The Hall–Kier alpha value is -1.18. The van der Waals surface area contributed by atoms with Crippen molar-refractivity contribution in [2.75, 3.05) is 12.4 Å². The zero-order valence-corrected chi connectivity index (χ0v) is 14.6. The van der Waals surface area contributed by atoms with E-state index in [0.717, 1.165) is 17.4 Å². The van der Waals surface area contributed by atoms with Crippen molar-refractivity contribution in [2.24, 2.45) is 0 Å². The summed E-state index contributed by atoms with van der Waals surface area (Å²) >= 11 is 5.12. The summed E-state index contributed by atoms with van der Waals surface area (Å²) in [5.41, 5.74) is 0. The number of carbonyl (C=O) groups is 1. The lowest BCUT2D eigenvalue weighted by Gasteiger charge is -2.25. The smallest absolute Gasteiger partial charge is 0.242 e. The predicted octanol–water partition coefficient (Wildman–Crippen LogP) is 3.66. The van der Waals surface area contributed by atoms with Crippen molar-refractivity contribution in [1.82, 2.24) is 10.1 Å². The van der Waals surface area contributed by atoms with Crippen LogP contribution in [0.2, 0.25) is 0 Å². The van der Waals surface area contributed by atoms with Crippen LogP contribution in [-0.4, -0.2) is 29.1 Å². The SMILES string of the molecule is CCC(C(=O)Nc1cc(C)on1)N(C)Cc1cc(Br)cs1. The van der Waals surface area contributed by atoms with Gasteiger partial charge in [0.25, 0.3) is 0 Å². The molecule has 2 rings (SSSR count). The van der Waals surface area contributed by atoms with Crippen molar-refractivity contribution in [3.63, 3.8) is 0 Å². The van der Waals surface area contributed by atoms with Gasteiger partial charge in [-0.15, -0.1) is 11.3 Å². The third-order valence-corrected chi connectivity index (χ3v) is 4.81. The third kappa shape index (κ3) is 4.39. The summed E-state index contributed by atoms with van der Waals surface area (Å²) in [5, 5.41) is 8.63. The molecule has 0 bridgehead atoms. The van der Waals surface area contributed by atoms with Gasteiger partial charge in [0.1, 0.15) is 5.76 Å². The van der Waals surface area contributed by atoms with Gasteiger partial charge in [0.05, 0.1) is 6.04 Å². The number of hydrogen-bond acceptors (Lipinski definition) is 5. The first-order valence-electron chi connectivity index (χ1n) is 6.67. The van der Waals surface area contributed by atoms with Crippen LogP contribution in [0.5, 0.6) is 0 Å². The first-order valence-corrected chi connectivity index (χ1v) is 8.34. The summed E-state index contributed by atoms with van der Waals surface area (Å²) in [4.78, 5) is 15.6. The van der Waals surface area contributed by atoms with Crippen LogP contribution in [0, 0.1) is 6.92 Å². The summed E-state index contributed by atoms with van der Waals surface area (Å²) in [7, 11) is 1.95. The van der Waals surface area contributed by atoms with E-state index in [1.807, 2.05) is 24.3 Å². The van der Waals surface area contributed by atoms with E-state index < -0.39 is 0 Å². The zero-order chi connectivity index (χ0) is 15.4.